The van der Waals surface area contributed by atoms with Gasteiger partial charge in [-0.25, -0.2) is 0 Å². The first kappa shape index (κ1) is 11.8. The van der Waals surface area contributed by atoms with E-state index in [0.29, 0.717) is 6.04 Å². The molecule has 0 saturated carbocycles. The van der Waals surface area contributed by atoms with Crippen molar-refractivity contribution in [3.63, 3.8) is 0 Å². The van der Waals surface area contributed by atoms with Gasteiger partial charge in [0.1, 0.15) is 0 Å². The Morgan fingerprint density at radius 3 is 2.67 bits per heavy atom. The molecule has 1 aromatic heterocycles. The van der Waals surface area contributed by atoms with Gasteiger partial charge in [-0.3, -0.25) is 4.68 Å². The lowest BCUT2D eigenvalue weighted by Gasteiger charge is -2.02. The van der Waals surface area contributed by atoms with Crippen LogP contribution in [0.5, 0.6) is 0 Å². The molecule has 0 aromatic carbocycles. The van der Waals surface area contributed by atoms with Crippen molar-refractivity contribution in [2.24, 2.45) is 5.73 Å². The fourth-order valence-electron chi connectivity index (χ4n) is 1.14. The zero-order valence-corrected chi connectivity index (χ0v) is 9.91. The van der Waals surface area contributed by atoms with Crippen molar-refractivity contribution in [1.82, 2.24) is 9.78 Å². The van der Waals surface area contributed by atoms with Gasteiger partial charge in [0.2, 0.25) is 0 Å². The molecule has 1 aromatic rings. The molecule has 1 rings (SSSR count). The van der Waals surface area contributed by atoms with Crippen LogP contribution >= 0.6 is 0 Å². The molecule has 0 bridgehead atoms. The molecular formula is C12H19N3. The van der Waals surface area contributed by atoms with Crippen molar-refractivity contribution in [3.8, 4) is 11.8 Å². The van der Waals surface area contributed by atoms with Crippen LogP contribution in [-0.2, 0) is 0 Å². The van der Waals surface area contributed by atoms with E-state index in [1.807, 2.05) is 24.7 Å². The van der Waals surface area contributed by atoms with E-state index in [1.165, 1.54) is 0 Å². The molecule has 1 atom stereocenters. The van der Waals surface area contributed by atoms with E-state index in [1.54, 1.807) is 0 Å². The fraction of sp³-hybridized carbons (Fsp3) is 0.583. The van der Waals surface area contributed by atoms with Crippen LogP contribution in [0.15, 0.2) is 6.20 Å². The second-order valence-electron chi connectivity index (χ2n) is 3.99. The molecule has 0 aliphatic rings. The topological polar surface area (TPSA) is 43.8 Å². The van der Waals surface area contributed by atoms with Crippen LogP contribution in [0.2, 0.25) is 0 Å². The molecule has 0 amide bonds. The first-order valence-corrected chi connectivity index (χ1v) is 5.37. The Bertz CT molecular complexity index is 379. The van der Waals surface area contributed by atoms with E-state index >= 15 is 0 Å². The van der Waals surface area contributed by atoms with Gasteiger partial charge < -0.3 is 5.73 Å². The summed E-state index contributed by atoms with van der Waals surface area (Å²) in [4.78, 5) is 0. The average Bonchev–Trinajstić information content (AvgIpc) is 2.56. The van der Waals surface area contributed by atoms with Crippen molar-refractivity contribution in [1.29, 1.82) is 0 Å². The molecule has 0 radical (unpaired) electrons. The van der Waals surface area contributed by atoms with Crippen LogP contribution in [0.4, 0.5) is 0 Å². The van der Waals surface area contributed by atoms with Crippen LogP contribution in [0.3, 0.4) is 0 Å². The molecule has 0 spiro atoms. The maximum Gasteiger partial charge on any atom is 0.0750 e. The molecule has 0 saturated heterocycles. The summed E-state index contributed by atoms with van der Waals surface area (Å²) in [5, 5.41) is 4.39. The summed E-state index contributed by atoms with van der Waals surface area (Å²) in [6, 6.07) is 0.339. The fourth-order valence-corrected chi connectivity index (χ4v) is 1.14. The van der Waals surface area contributed by atoms with Crippen molar-refractivity contribution in [3.05, 3.63) is 17.5 Å². The van der Waals surface area contributed by atoms with Gasteiger partial charge in [-0.05, 0) is 27.2 Å². The van der Waals surface area contributed by atoms with E-state index in [-0.39, 0.29) is 6.04 Å². The number of aryl methyl sites for hydroxylation is 1. The zero-order valence-electron chi connectivity index (χ0n) is 9.91. The highest BCUT2D eigenvalue weighted by molar-refractivity contribution is 5.36. The maximum absolute atomic E-state index is 5.74. The van der Waals surface area contributed by atoms with Crippen molar-refractivity contribution >= 4 is 0 Å². The molecular weight excluding hydrogens is 186 g/mol. The lowest BCUT2D eigenvalue weighted by molar-refractivity contribution is 0.529. The molecule has 3 nitrogen and oxygen atoms in total. The Balaban J connectivity index is 2.89. The number of rotatable bonds is 2. The van der Waals surface area contributed by atoms with Gasteiger partial charge in [0.05, 0.1) is 17.3 Å². The molecule has 0 fully saturated rings. The van der Waals surface area contributed by atoms with Gasteiger partial charge in [0, 0.05) is 12.2 Å². The van der Waals surface area contributed by atoms with Crippen molar-refractivity contribution < 1.29 is 0 Å². The Kier molecular flexibility index (Phi) is 3.93. The molecule has 0 aliphatic heterocycles. The van der Waals surface area contributed by atoms with Crippen LogP contribution in [0.25, 0.3) is 0 Å². The van der Waals surface area contributed by atoms with Gasteiger partial charge in [0.25, 0.3) is 0 Å². The van der Waals surface area contributed by atoms with Gasteiger partial charge in [-0.2, -0.15) is 5.10 Å². The van der Waals surface area contributed by atoms with Crippen LogP contribution in [-0.4, -0.2) is 15.8 Å². The van der Waals surface area contributed by atoms with E-state index in [4.69, 9.17) is 5.73 Å². The standard InChI is InChI=1S/C12H19N3/c1-5-12(13)7-6-11-8-15(9(2)3)14-10(11)4/h8-9,12H,5,13H2,1-4H3. The van der Waals surface area contributed by atoms with Crippen molar-refractivity contribution in [2.75, 3.05) is 0 Å². The van der Waals surface area contributed by atoms with Gasteiger partial charge in [-0.15, -0.1) is 0 Å². The Labute approximate surface area is 91.7 Å². The Morgan fingerprint density at radius 2 is 2.20 bits per heavy atom. The number of aromatic nitrogens is 2. The van der Waals surface area contributed by atoms with Gasteiger partial charge in [-0.1, -0.05) is 18.8 Å². The molecule has 15 heavy (non-hydrogen) atoms. The third kappa shape index (κ3) is 3.10. The molecule has 82 valence electrons. The minimum atomic E-state index is -0.0354. The second-order valence-corrected chi connectivity index (χ2v) is 3.99. The second kappa shape index (κ2) is 4.99. The highest BCUT2D eigenvalue weighted by atomic mass is 15.3. The molecule has 0 aliphatic carbocycles. The third-order valence-electron chi connectivity index (χ3n) is 2.28. The summed E-state index contributed by atoms with van der Waals surface area (Å²) < 4.78 is 1.93. The SMILES string of the molecule is CCC(N)C#Cc1cn(C(C)C)nc1C. The molecule has 3 heteroatoms. The van der Waals surface area contributed by atoms with Crippen LogP contribution in [0, 0.1) is 18.8 Å². The summed E-state index contributed by atoms with van der Waals surface area (Å²) in [5.74, 6) is 6.10. The summed E-state index contributed by atoms with van der Waals surface area (Å²) in [6.45, 7) is 8.20. The highest BCUT2D eigenvalue weighted by Crippen LogP contribution is 2.09. The number of nitrogens with two attached hydrogens (primary N) is 1. The predicted molar refractivity (Wildman–Crippen MR) is 62.5 cm³/mol. The highest BCUT2D eigenvalue weighted by Gasteiger charge is 2.04. The first-order valence-electron chi connectivity index (χ1n) is 5.37. The van der Waals surface area contributed by atoms with Gasteiger partial charge >= 0.3 is 0 Å². The van der Waals surface area contributed by atoms with Crippen LogP contribution < -0.4 is 5.73 Å². The van der Waals surface area contributed by atoms with E-state index in [0.717, 1.165) is 17.7 Å². The Morgan fingerprint density at radius 1 is 1.53 bits per heavy atom. The summed E-state index contributed by atoms with van der Waals surface area (Å²) in [7, 11) is 0. The van der Waals surface area contributed by atoms with E-state index < -0.39 is 0 Å². The normalized spacial score (nSPS) is 12.4. The number of hydrogen-bond donors (Lipinski definition) is 1. The first-order chi connectivity index (χ1) is 7.04. The molecule has 2 N–H and O–H groups in total. The van der Waals surface area contributed by atoms with Crippen LogP contribution in [0.1, 0.15) is 44.5 Å². The number of nitrogens with zero attached hydrogens (tertiary/aromatic N) is 2. The predicted octanol–water partition coefficient (Wildman–Crippen LogP) is 1.86. The smallest absolute Gasteiger partial charge is 0.0750 e. The average molecular weight is 205 g/mol. The summed E-state index contributed by atoms with van der Waals surface area (Å²) in [5.41, 5.74) is 7.69. The minimum Gasteiger partial charge on any atom is -0.318 e. The maximum atomic E-state index is 5.74. The van der Waals surface area contributed by atoms with E-state index in [2.05, 4.69) is 30.8 Å². The number of hydrogen-bond acceptors (Lipinski definition) is 2. The summed E-state index contributed by atoms with van der Waals surface area (Å²) >= 11 is 0. The monoisotopic (exact) mass is 205 g/mol. The lowest BCUT2D eigenvalue weighted by atomic mass is 10.2. The molecule has 1 unspecified atom stereocenters. The quantitative estimate of drug-likeness (QED) is 0.749. The third-order valence-corrected chi connectivity index (χ3v) is 2.28. The van der Waals surface area contributed by atoms with Gasteiger partial charge in [0.15, 0.2) is 0 Å². The largest absolute Gasteiger partial charge is 0.318 e. The molecule has 1 heterocycles. The lowest BCUT2D eigenvalue weighted by Crippen LogP contribution is -2.15. The zero-order chi connectivity index (χ0) is 11.4. The van der Waals surface area contributed by atoms with Crippen molar-refractivity contribution in [2.45, 2.75) is 46.2 Å². The summed E-state index contributed by atoms with van der Waals surface area (Å²) in [6.07, 6.45) is 2.86. The van der Waals surface area contributed by atoms with E-state index in [9.17, 15) is 0 Å². The minimum absolute atomic E-state index is 0.0354. The Hall–Kier alpha value is -1.27.